The molecule has 32 heavy (non-hydrogen) atoms. The molecule has 7 nitrogen and oxygen atoms in total. The van der Waals surface area contributed by atoms with Crippen LogP contribution in [0.1, 0.15) is 5.69 Å². The molecular formula is C23H17F2N7. The molecule has 0 unspecified atom stereocenters. The number of nitrogens with zero attached hydrogens (tertiary/aromatic N) is 5. The van der Waals surface area contributed by atoms with Gasteiger partial charge in [0.05, 0.1) is 29.0 Å². The van der Waals surface area contributed by atoms with Gasteiger partial charge < -0.3 is 11.1 Å². The van der Waals surface area contributed by atoms with Crippen molar-refractivity contribution in [3.05, 3.63) is 90.3 Å². The monoisotopic (exact) mass is 429 g/mol. The number of halogens is 2. The summed E-state index contributed by atoms with van der Waals surface area (Å²) >= 11 is 0. The molecule has 0 aliphatic heterocycles. The zero-order valence-corrected chi connectivity index (χ0v) is 16.7. The van der Waals surface area contributed by atoms with Gasteiger partial charge in [0.1, 0.15) is 17.5 Å². The fourth-order valence-corrected chi connectivity index (χ4v) is 3.36. The zero-order valence-electron chi connectivity index (χ0n) is 16.7. The maximum Gasteiger partial charge on any atom is 0.225 e. The highest BCUT2D eigenvalue weighted by molar-refractivity contribution is 5.99. The van der Waals surface area contributed by atoms with E-state index in [0.29, 0.717) is 46.3 Å². The Morgan fingerprint density at radius 2 is 1.59 bits per heavy atom. The van der Waals surface area contributed by atoms with Gasteiger partial charge in [0.2, 0.25) is 5.95 Å². The summed E-state index contributed by atoms with van der Waals surface area (Å²) in [7, 11) is 0. The van der Waals surface area contributed by atoms with Crippen molar-refractivity contribution >= 4 is 22.8 Å². The zero-order chi connectivity index (χ0) is 22.1. The standard InChI is InChI=1S/C23H17F2N7/c24-15-6-4-14(5-7-15)20-19-21(26)32(18-10-8-16(25)9-11-18)31-22(19)30-23(29-20)28-13-17-3-1-2-12-27-17/h1-12H,13,26H2,(H,28,30,31). The van der Waals surface area contributed by atoms with E-state index in [1.54, 1.807) is 30.5 Å². The van der Waals surface area contributed by atoms with Crippen LogP contribution in [-0.4, -0.2) is 24.7 Å². The molecule has 0 atom stereocenters. The number of nitrogens with two attached hydrogens (primary N) is 1. The molecule has 0 amide bonds. The Hall–Kier alpha value is -4.40. The average molecular weight is 429 g/mol. The lowest BCUT2D eigenvalue weighted by Gasteiger charge is -2.08. The molecule has 5 aromatic rings. The molecule has 0 aliphatic rings. The third-order valence-electron chi connectivity index (χ3n) is 4.91. The van der Waals surface area contributed by atoms with E-state index in [2.05, 4.69) is 25.4 Å². The average Bonchev–Trinajstić information content (AvgIpc) is 3.15. The minimum absolute atomic E-state index is 0.294. The number of benzene rings is 2. The van der Waals surface area contributed by atoms with E-state index in [-0.39, 0.29) is 11.6 Å². The molecule has 2 aromatic carbocycles. The molecule has 3 aromatic heterocycles. The van der Waals surface area contributed by atoms with E-state index in [9.17, 15) is 8.78 Å². The highest BCUT2D eigenvalue weighted by Crippen LogP contribution is 2.33. The van der Waals surface area contributed by atoms with Gasteiger partial charge in [-0.05, 0) is 60.7 Å². The maximum atomic E-state index is 13.5. The Morgan fingerprint density at radius 1 is 0.875 bits per heavy atom. The summed E-state index contributed by atoms with van der Waals surface area (Å²) in [5.74, 6) is -0.104. The van der Waals surface area contributed by atoms with Gasteiger partial charge in [0.25, 0.3) is 0 Å². The second kappa shape index (κ2) is 8.03. The normalized spacial score (nSPS) is 11.1. The Labute approximate surface area is 181 Å². The Balaban J connectivity index is 1.64. The number of hydrogen-bond donors (Lipinski definition) is 2. The number of hydrogen-bond acceptors (Lipinski definition) is 6. The molecule has 0 saturated carbocycles. The highest BCUT2D eigenvalue weighted by atomic mass is 19.1. The Bertz CT molecular complexity index is 1380. The van der Waals surface area contributed by atoms with E-state index >= 15 is 0 Å². The van der Waals surface area contributed by atoms with Crippen LogP contribution in [0.4, 0.5) is 20.5 Å². The quantitative estimate of drug-likeness (QED) is 0.431. The van der Waals surface area contributed by atoms with Gasteiger partial charge >= 0.3 is 0 Å². The van der Waals surface area contributed by atoms with Crippen LogP contribution in [0, 0.1) is 11.6 Å². The van der Waals surface area contributed by atoms with Crippen LogP contribution in [0.25, 0.3) is 28.0 Å². The van der Waals surface area contributed by atoms with Crippen molar-refractivity contribution in [2.45, 2.75) is 6.54 Å². The molecule has 0 spiro atoms. The molecular weight excluding hydrogens is 412 g/mol. The van der Waals surface area contributed by atoms with E-state index in [1.807, 2.05) is 18.2 Å². The van der Waals surface area contributed by atoms with Crippen molar-refractivity contribution in [2.75, 3.05) is 11.1 Å². The van der Waals surface area contributed by atoms with Gasteiger partial charge in [-0.1, -0.05) is 6.07 Å². The molecule has 0 radical (unpaired) electrons. The summed E-state index contributed by atoms with van der Waals surface area (Å²) in [6, 6.07) is 17.4. The minimum atomic E-state index is -0.364. The third kappa shape index (κ3) is 3.71. The van der Waals surface area contributed by atoms with E-state index in [4.69, 9.17) is 5.73 Å². The molecule has 3 heterocycles. The first-order valence-electron chi connectivity index (χ1n) is 9.80. The van der Waals surface area contributed by atoms with Crippen LogP contribution >= 0.6 is 0 Å². The smallest absolute Gasteiger partial charge is 0.225 e. The van der Waals surface area contributed by atoms with Crippen molar-refractivity contribution in [3.63, 3.8) is 0 Å². The summed E-state index contributed by atoms with van der Waals surface area (Å²) < 4.78 is 28.4. The molecule has 158 valence electrons. The van der Waals surface area contributed by atoms with E-state index in [0.717, 1.165) is 5.69 Å². The van der Waals surface area contributed by atoms with Crippen LogP contribution in [0.5, 0.6) is 0 Å². The Kier molecular flexibility index (Phi) is 4.91. The number of rotatable bonds is 5. The first-order valence-corrected chi connectivity index (χ1v) is 9.80. The van der Waals surface area contributed by atoms with Gasteiger partial charge in [0, 0.05) is 11.8 Å². The van der Waals surface area contributed by atoms with Crippen molar-refractivity contribution < 1.29 is 8.78 Å². The molecule has 5 rings (SSSR count). The Morgan fingerprint density at radius 3 is 2.28 bits per heavy atom. The second-order valence-electron chi connectivity index (χ2n) is 7.05. The van der Waals surface area contributed by atoms with Crippen LogP contribution in [0.15, 0.2) is 72.9 Å². The van der Waals surface area contributed by atoms with Crippen molar-refractivity contribution in [1.82, 2.24) is 24.7 Å². The van der Waals surface area contributed by atoms with Crippen LogP contribution in [-0.2, 0) is 6.54 Å². The first-order chi connectivity index (χ1) is 15.6. The van der Waals surface area contributed by atoms with Gasteiger partial charge in [-0.15, -0.1) is 5.10 Å². The number of pyridine rings is 1. The molecule has 0 saturated heterocycles. The van der Waals surface area contributed by atoms with E-state index < -0.39 is 0 Å². The summed E-state index contributed by atoms with van der Waals surface area (Å²) in [6.45, 7) is 0.406. The van der Waals surface area contributed by atoms with Gasteiger partial charge in [0.15, 0.2) is 5.65 Å². The molecule has 0 aliphatic carbocycles. The fourth-order valence-electron chi connectivity index (χ4n) is 3.36. The predicted octanol–water partition coefficient (Wildman–Crippen LogP) is 4.35. The first kappa shape index (κ1) is 19.6. The summed E-state index contributed by atoms with van der Waals surface area (Å²) in [5.41, 5.74) is 9.32. The number of anilines is 2. The fraction of sp³-hybridized carbons (Fsp3) is 0.0435. The molecule has 3 N–H and O–H groups in total. The van der Waals surface area contributed by atoms with Crippen molar-refractivity contribution in [1.29, 1.82) is 0 Å². The molecule has 9 heteroatoms. The topological polar surface area (TPSA) is 94.5 Å². The number of aromatic nitrogens is 5. The minimum Gasteiger partial charge on any atom is -0.383 e. The highest BCUT2D eigenvalue weighted by Gasteiger charge is 2.19. The van der Waals surface area contributed by atoms with Crippen LogP contribution in [0.2, 0.25) is 0 Å². The summed E-state index contributed by atoms with van der Waals surface area (Å²) in [4.78, 5) is 13.4. The number of nitrogens with one attached hydrogen (secondary N) is 1. The lowest BCUT2D eigenvalue weighted by Crippen LogP contribution is -2.06. The number of nitrogen functional groups attached to an aromatic ring is 1. The van der Waals surface area contributed by atoms with Gasteiger partial charge in [-0.2, -0.15) is 4.98 Å². The number of fused-ring (bicyclic) bond motifs is 1. The molecule has 0 bridgehead atoms. The van der Waals surface area contributed by atoms with Crippen molar-refractivity contribution in [2.24, 2.45) is 0 Å². The predicted molar refractivity (Wildman–Crippen MR) is 118 cm³/mol. The lowest BCUT2D eigenvalue weighted by molar-refractivity contribution is 0.627. The van der Waals surface area contributed by atoms with Crippen molar-refractivity contribution in [3.8, 4) is 16.9 Å². The van der Waals surface area contributed by atoms with Gasteiger partial charge in [-0.25, -0.2) is 18.4 Å². The van der Waals surface area contributed by atoms with E-state index in [1.165, 1.54) is 28.9 Å². The largest absolute Gasteiger partial charge is 0.383 e. The summed E-state index contributed by atoms with van der Waals surface area (Å²) in [6.07, 6.45) is 1.70. The third-order valence-corrected chi connectivity index (χ3v) is 4.91. The maximum absolute atomic E-state index is 13.5. The SMILES string of the molecule is Nc1c2c(-c3ccc(F)cc3)nc(NCc3ccccn3)nc2nn1-c1ccc(F)cc1. The molecule has 0 fully saturated rings. The van der Waals surface area contributed by atoms with Crippen LogP contribution in [0.3, 0.4) is 0 Å². The summed E-state index contributed by atoms with van der Waals surface area (Å²) in [5, 5.41) is 8.19. The van der Waals surface area contributed by atoms with Gasteiger partial charge in [-0.3, -0.25) is 4.98 Å². The van der Waals surface area contributed by atoms with Crippen LogP contribution < -0.4 is 11.1 Å². The second-order valence-corrected chi connectivity index (χ2v) is 7.05. The lowest BCUT2D eigenvalue weighted by atomic mass is 10.1.